The Bertz CT molecular complexity index is 1570. The molecule has 5 aromatic rings. The summed E-state index contributed by atoms with van der Waals surface area (Å²) in [6, 6.07) is 49.1. The Morgan fingerprint density at radius 2 is 0.925 bits per heavy atom. The van der Waals surface area contributed by atoms with E-state index in [-0.39, 0.29) is 0 Å². The van der Waals surface area contributed by atoms with Gasteiger partial charge in [0, 0.05) is 15.4 Å². The molecule has 196 valence electrons. The monoisotopic (exact) mass is 572 g/mol. The molecule has 1 aliphatic carbocycles. The van der Waals surface area contributed by atoms with E-state index in [4.69, 9.17) is 0 Å². The topological polar surface area (TPSA) is 17.1 Å². The van der Waals surface area contributed by atoms with Crippen molar-refractivity contribution in [1.82, 2.24) is 0 Å². The van der Waals surface area contributed by atoms with Gasteiger partial charge in [0.15, 0.2) is 0 Å². The van der Waals surface area contributed by atoms with Crippen molar-refractivity contribution >= 4 is 53.2 Å². The van der Waals surface area contributed by atoms with Crippen molar-refractivity contribution in [3.05, 3.63) is 164 Å². The third kappa shape index (κ3) is 6.01. The van der Waals surface area contributed by atoms with Gasteiger partial charge < -0.3 is 0 Å². The van der Waals surface area contributed by atoms with E-state index in [1.54, 1.807) is 0 Å². The van der Waals surface area contributed by atoms with Crippen LogP contribution in [-0.4, -0.2) is 9.87 Å². The number of rotatable bonds is 8. The molecule has 0 aromatic heterocycles. The van der Waals surface area contributed by atoms with E-state index in [2.05, 4.69) is 152 Å². The minimum atomic E-state index is -1.24. The summed E-state index contributed by atoms with van der Waals surface area (Å²) in [5, 5.41) is 6.57. The number of hydrogen-bond donors (Lipinski definition) is 0. The smallest absolute Gasteiger partial charge is 0.0849 e. The van der Waals surface area contributed by atoms with Gasteiger partial charge in [0.05, 0.1) is 10.8 Å². The van der Waals surface area contributed by atoms with Crippen molar-refractivity contribution in [1.29, 1.82) is 0 Å². The zero-order chi connectivity index (χ0) is 27.1. The van der Waals surface area contributed by atoms with Crippen LogP contribution in [0.15, 0.2) is 174 Å². The molecule has 40 heavy (non-hydrogen) atoms. The number of allylic oxidation sites excluding steroid dienone is 4. The van der Waals surface area contributed by atoms with Crippen LogP contribution in [0.1, 0.15) is 6.42 Å². The first kappa shape index (κ1) is 26.8. The first-order valence-electron chi connectivity index (χ1n) is 13.5. The predicted molar refractivity (Wildman–Crippen MR) is 176 cm³/mol. The molecule has 1 nitrogen and oxygen atoms in total. The lowest BCUT2D eigenvalue weighted by molar-refractivity contribution is 0.683. The second kappa shape index (κ2) is 12.8. The van der Waals surface area contributed by atoms with Gasteiger partial charge in [-0.05, 0) is 73.1 Å². The Kier molecular flexibility index (Phi) is 8.60. The van der Waals surface area contributed by atoms with Crippen LogP contribution in [0, 0.1) is 0 Å². The standard InChI is InChI=1S/C36H30OP2S/c37-40(35-25-21-33(22-26-35)38(29-13-5-1-6-14-29)30-15-7-2-8-16-30)36-27-23-34(24-28-36)39(31-17-9-3-10-18-31)32-19-11-4-12-20-32/h1-19,21-28,32H,20H2. The minimum absolute atomic E-state index is 0.468. The average Bonchev–Trinajstić information content (AvgIpc) is 3.04. The molecule has 0 spiro atoms. The maximum Gasteiger partial charge on any atom is 0.0849 e. The SMILES string of the molecule is O=S(c1ccc(P(c2ccccc2)c2ccccc2)cc1)c1ccc(P(c2ccccc2)C2C=CC=CC2)cc1. The normalized spacial score (nSPS) is 16.1. The van der Waals surface area contributed by atoms with E-state index in [0.29, 0.717) is 5.66 Å². The van der Waals surface area contributed by atoms with Crippen molar-refractivity contribution < 1.29 is 4.21 Å². The Hall–Kier alpha value is -3.41. The van der Waals surface area contributed by atoms with Crippen molar-refractivity contribution in [2.45, 2.75) is 21.9 Å². The number of benzene rings is 5. The van der Waals surface area contributed by atoms with E-state index < -0.39 is 26.6 Å². The first-order chi connectivity index (χ1) is 19.8. The summed E-state index contributed by atoms with van der Waals surface area (Å²) in [4.78, 5) is 1.67. The minimum Gasteiger partial charge on any atom is -0.249 e. The first-order valence-corrected chi connectivity index (χ1v) is 17.4. The van der Waals surface area contributed by atoms with E-state index in [9.17, 15) is 4.21 Å². The summed E-state index contributed by atoms with van der Waals surface area (Å²) < 4.78 is 13.6. The molecular formula is C36H30OP2S. The van der Waals surface area contributed by atoms with Crippen molar-refractivity contribution in [2.75, 3.05) is 0 Å². The third-order valence-corrected chi connectivity index (χ3v) is 13.6. The Labute approximate surface area is 242 Å². The number of hydrogen-bond acceptors (Lipinski definition) is 1. The summed E-state index contributed by atoms with van der Waals surface area (Å²) >= 11 is 0. The van der Waals surface area contributed by atoms with E-state index in [0.717, 1.165) is 16.2 Å². The molecule has 5 aromatic carbocycles. The van der Waals surface area contributed by atoms with Crippen LogP contribution in [0.5, 0.6) is 0 Å². The fraction of sp³-hybridized carbons (Fsp3) is 0.0556. The molecule has 0 heterocycles. The van der Waals surface area contributed by atoms with Crippen molar-refractivity contribution in [2.24, 2.45) is 0 Å². The van der Waals surface area contributed by atoms with Gasteiger partial charge >= 0.3 is 0 Å². The van der Waals surface area contributed by atoms with Gasteiger partial charge in [0.1, 0.15) is 0 Å². The highest BCUT2D eigenvalue weighted by Gasteiger charge is 2.23. The summed E-state index contributed by atoms with van der Waals surface area (Å²) in [7, 11) is -2.46. The molecule has 6 rings (SSSR count). The van der Waals surface area contributed by atoms with Gasteiger partial charge in [-0.1, -0.05) is 140 Å². The van der Waals surface area contributed by atoms with Crippen LogP contribution in [0.3, 0.4) is 0 Å². The molecule has 0 saturated heterocycles. The van der Waals surface area contributed by atoms with Crippen molar-refractivity contribution in [3.63, 3.8) is 0 Å². The van der Waals surface area contributed by atoms with E-state index in [1.807, 2.05) is 12.1 Å². The van der Waals surface area contributed by atoms with Gasteiger partial charge in [0.2, 0.25) is 0 Å². The molecule has 3 atom stereocenters. The molecule has 0 bridgehead atoms. The zero-order valence-corrected chi connectivity index (χ0v) is 24.7. The fourth-order valence-electron chi connectivity index (χ4n) is 5.07. The van der Waals surface area contributed by atoms with Crippen LogP contribution in [0.2, 0.25) is 0 Å². The van der Waals surface area contributed by atoms with Crippen LogP contribution in [-0.2, 0) is 10.8 Å². The molecule has 1 aliphatic rings. The van der Waals surface area contributed by atoms with E-state index >= 15 is 0 Å². The quantitative estimate of drug-likeness (QED) is 0.184. The Balaban J connectivity index is 1.26. The third-order valence-electron chi connectivity index (χ3n) is 6.99. The molecule has 0 saturated carbocycles. The highest BCUT2D eigenvalue weighted by Crippen LogP contribution is 2.43. The highest BCUT2D eigenvalue weighted by molar-refractivity contribution is 7.85. The van der Waals surface area contributed by atoms with Crippen LogP contribution >= 0.6 is 15.8 Å². The lowest BCUT2D eigenvalue weighted by atomic mass is 10.2. The molecule has 0 fully saturated rings. The molecule has 4 heteroatoms. The summed E-state index contributed by atoms with van der Waals surface area (Å²) in [6.45, 7) is 0. The van der Waals surface area contributed by atoms with Gasteiger partial charge in [0.25, 0.3) is 0 Å². The molecule has 0 aliphatic heterocycles. The lowest BCUT2D eigenvalue weighted by Gasteiger charge is -2.27. The van der Waals surface area contributed by atoms with Crippen molar-refractivity contribution in [3.8, 4) is 0 Å². The van der Waals surface area contributed by atoms with Gasteiger partial charge in [-0.15, -0.1) is 0 Å². The lowest BCUT2D eigenvalue weighted by Crippen LogP contribution is -2.21. The van der Waals surface area contributed by atoms with Crippen LogP contribution < -0.4 is 26.5 Å². The fourth-order valence-corrected chi connectivity index (χ4v) is 11.0. The average molecular weight is 573 g/mol. The molecule has 0 radical (unpaired) electrons. The van der Waals surface area contributed by atoms with Crippen LogP contribution in [0.4, 0.5) is 0 Å². The Morgan fingerprint density at radius 3 is 1.40 bits per heavy atom. The molecule has 0 N–H and O–H groups in total. The van der Waals surface area contributed by atoms with Gasteiger partial charge in [-0.2, -0.15) is 0 Å². The van der Waals surface area contributed by atoms with Gasteiger partial charge in [-0.25, -0.2) is 4.21 Å². The predicted octanol–water partition coefficient (Wildman–Crippen LogP) is 6.93. The maximum absolute atomic E-state index is 13.6. The summed E-state index contributed by atoms with van der Waals surface area (Å²) in [5.41, 5.74) is 0.468. The molecule has 0 amide bonds. The second-order valence-electron chi connectivity index (χ2n) is 9.58. The summed E-state index contributed by atoms with van der Waals surface area (Å²) in [6.07, 6.45) is 9.95. The highest BCUT2D eigenvalue weighted by atomic mass is 32.2. The molecule has 3 unspecified atom stereocenters. The summed E-state index contributed by atoms with van der Waals surface area (Å²) in [5.74, 6) is 0. The van der Waals surface area contributed by atoms with E-state index in [1.165, 1.54) is 26.5 Å². The second-order valence-corrected chi connectivity index (χ2v) is 15.7. The van der Waals surface area contributed by atoms with Gasteiger partial charge in [-0.3, -0.25) is 0 Å². The van der Waals surface area contributed by atoms with Crippen LogP contribution in [0.25, 0.3) is 0 Å². The maximum atomic E-state index is 13.6. The molecular weight excluding hydrogens is 542 g/mol. The Morgan fingerprint density at radius 1 is 0.500 bits per heavy atom. The largest absolute Gasteiger partial charge is 0.249 e. The zero-order valence-electron chi connectivity index (χ0n) is 22.1.